The van der Waals surface area contributed by atoms with E-state index in [0.717, 1.165) is 43.6 Å². The van der Waals surface area contributed by atoms with Crippen molar-refractivity contribution in [3.8, 4) is 11.3 Å². The molecule has 0 radical (unpaired) electrons. The number of aliphatic hydroxyl groups is 1. The number of anilines is 2. The molecule has 0 aliphatic carbocycles. The van der Waals surface area contributed by atoms with Gasteiger partial charge in [-0.3, -0.25) is 4.90 Å². The van der Waals surface area contributed by atoms with E-state index in [0.29, 0.717) is 17.1 Å². The lowest BCUT2D eigenvalue weighted by Gasteiger charge is -2.36. The number of nitrogens with one attached hydrogen (secondary N) is 1. The third-order valence-electron chi connectivity index (χ3n) is 5.32. The van der Waals surface area contributed by atoms with Crippen LogP contribution in [0.3, 0.4) is 0 Å². The lowest BCUT2D eigenvalue weighted by molar-refractivity contribution is -0.137. The van der Waals surface area contributed by atoms with Crippen LogP contribution >= 0.6 is 0 Å². The molecular weight excluding hydrogens is 383 g/mol. The molecule has 158 valence electrons. The van der Waals surface area contributed by atoms with Crippen LogP contribution in [-0.2, 0) is 6.18 Å². The Morgan fingerprint density at radius 1 is 1.31 bits per heavy atom. The summed E-state index contributed by atoms with van der Waals surface area (Å²) in [7, 11) is 0. The SMILES string of the molecule is Cc1cc(-c2ccc(C(F)(F)F)cc2N)nnc1N[C@@H]1CCCN(C(C)CO)C1. The molecule has 2 atom stereocenters. The maximum absolute atomic E-state index is 12.8. The average molecular weight is 409 g/mol. The van der Waals surface area contributed by atoms with Gasteiger partial charge in [0.2, 0.25) is 0 Å². The first-order valence-electron chi connectivity index (χ1n) is 9.62. The molecule has 0 amide bonds. The Balaban J connectivity index is 1.75. The van der Waals surface area contributed by atoms with Gasteiger partial charge in [-0.2, -0.15) is 13.2 Å². The number of aryl methyl sites for hydroxylation is 1. The van der Waals surface area contributed by atoms with E-state index < -0.39 is 11.7 Å². The number of halogens is 3. The van der Waals surface area contributed by atoms with Gasteiger partial charge in [-0.25, -0.2) is 0 Å². The summed E-state index contributed by atoms with van der Waals surface area (Å²) in [6.07, 6.45) is -2.43. The Morgan fingerprint density at radius 3 is 2.69 bits per heavy atom. The zero-order valence-corrected chi connectivity index (χ0v) is 16.5. The Kier molecular flexibility index (Phi) is 6.28. The van der Waals surface area contributed by atoms with Gasteiger partial charge in [-0.15, -0.1) is 10.2 Å². The Labute approximate surface area is 167 Å². The van der Waals surface area contributed by atoms with Crippen molar-refractivity contribution in [1.29, 1.82) is 0 Å². The number of rotatable bonds is 5. The molecule has 29 heavy (non-hydrogen) atoms. The van der Waals surface area contributed by atoms with Crippen LogP contribution in [0.25, 0.3) is 11.3 Å². The number of hydrogen-bond donors (Lipinski definition) is 3. The first-order valence-corrected chi connectivity index (χ1v) is 9.62. The van der Waals surface area contributed by atoms with Crippen LogP contribution < -0.4 is 11.1 Å². The topological polar surface area (TPSA) is 87.3 Å². The lowest BCUT2D eigenvalue weighted by atomic mass is 10.0. The van der Waals surface area contributed by atoms with E-state index in [1.807, 2.05) is 13.8 Å². The van der Waals surface area contributed by atoms with E-state index in [4.69, 9.17) is 5.73 Å². The summed E-state index contributed by atoms with van der Waals surface area (Å²) >= 11 is 0. The second-order valence-electron chi connectivity index (χ2n) is 7.57. The van der Waals surface area contributed by atoms with E-state index in [1.165, 1.54) is 6.07 Å². The number of nitrogen functional groups attached to an aromatic ring is 1. The van der Waals surface area contributed by atoms with E-state index in [9.17, 15) is 18.3 Å². The Bertz CT molecular complexity index is 858. The summed E-state index contributed by atoms with van der Waals surface area (Å²) < 4.78 is 38.5. The predicted molar refractivity (Wildman–Crippen MR) is 106 cm³/mol. The van der Waals surface area contributed by atoms with Crippen molar-refractivity contribution in [2.75, 3.05) is 30.7 Å². The molecule has 1 fully saturated rings. The molecule has 1 aromatic carbocycles. The summed E-state index contributed by atoms with van der Waals surface area (Å²) in [4.78, 5) is 2.24. The van der Waals surface area contributed by atoms with Crippen LogP contribution in [0.1, 0.15) is 30.9 Å². The molecule has 3 rings (SSSR count). The van der Waals surface area contributed by atoms with Crippen molar-refractivity contribution < 1.29 is 18.3 Å². The minimum atomic E-state index is -4.44. The number of nitrogens with two attached hydrogens (primary N) is 1. The van der Waals surface area contributed by atoms with Crippen molar-refractivity contribution in [3.05, 3.63) is 35.4 Å². The van der Waals surface area contributed by atoms with Crippen molar-refractivity contribution in [3.63, 3.8) is 0 Å². The highest BCUT2D eigenvalue weighted by Gasteiger charge is 2.31. The number of nitrogens with zero attached hydrogens (tertiary/aromatic N) is 3. The molecule has 1 aliphatic rings. The number of benzene rings is 1. The van der Waals surface area contributed by atoms with Crippen LogP contribution in [0.2, 0.25) is 0 Å². The van der Waals surface area contributed by atoms with Crippen LogP contribution in [0.4, 0.5) is 24.7 Å². The van der Waals surface area contributed by atoms with Crippen molar-refractivity contribution in [2.24, 2.45) is 0 Å². The first-order chi connectivity index (χ1) is 13.7. The summed E-state index contributed by atoms with van der Waals surface area (Å²) in [6, 6.07) is 5.30. The third-order valence-corrected chi connectivity index (χ3v) is 5.32. The van der Waals surface area contributed by atoms with Gasteiger partial charge < -0.3 is 16.2 Å². The standard InChI is InChI=1S/C20H26F3N5O/c1-12-8-18(16-6-5-14(9-17(16)24)20(21,22)23)26-27-19(12)25-15-4-3-7-28(10-15)13(2)11-29/h5-6,8-9,13,15,29H,3-4,7,10-11,24H2,1-2H3,(H,25,27)/t13?,15-/m1/s1. The van der Waals surface area contributed by atoms with Crippen LogP contribution in [0, 0.1) is 6.92 Å². The second-order valence-corrected chi connectivity index (χ2v) is 7.57. The molecule has 0 spiro atoms. The highest BCUT2D eigenvalue weighted by atomic mass is 19.4. The fourth-order valence-electron chi connectivity index (χ4n) is 3.57. The zero-order valence-electron chi connectivity index (χ0n) is 16.5. The highest BCUT2D eigenvalue weighted by molar-refractivity contribution is 5.75. The summed E-state index contributed by atoms with van der Waals surface area (Å²) in [6.45, 7) is 5.75. The number of aromatic nitrogens is 2. The van der Waals surface area contributed by atoms with Crippen molar-refractivity contribution >= 4 is 11.5 Å². The number of piperidine rings is 1. The highest BCUT2D eigenvalue weighted by Crippen LogP contribution is 2.34. The minimum absolute atomic E-state index is 0.00940. The van der Waals surface area contributed by atoms with E-state index in [1.54, 1.807) is 6.07 Å². The summed E-state index contributed by atoms with van der Waals surface area (Å²) in [5.74, 6) is 0.641. The monoisotopic (exact) mass is 409 g/mol. The summed E-state index contributed by atoms with van der Waals surface area (Å²) in [5, 5.41) is 21.2. The summed E-state index contributed by atoms with van der Waals surface area (Å²) in [5.41, 5.74) is 6.73. The molecule has 1 unspecified atom stereocenters. The minimum Gasteiger partial charge on any atom is -0.398 e. The molecule has 4 N–H and O–H groups in total. The van der Waals surface area contributed by atoms with Gasteiger partial charge >= 0.3 is 6.18 Å². The van der Waals surface area contributed by atoms with Crippen LogP contribution in [0.15, 0.2) is 24.3 Å². The van der Waals surface area contributed by atoms with E-state index >= 15 is 0 Å². The Morgan fingerprint density at radius 2 is 2.07 bits per heavy atom. The molecule has 0 bridgehead atoms. The average Bonchev–Trinajstić information content (AvgIpc) is 2.68. The number of alkyl halides is 3. The molecule has 1 aromatic heterocycles. The molecule has 9 heteroatoms. The van der Waals surface area contributed by atoms with Gasteiger partial charge in [0.15, 0.2) is 5.82 Å². The molecule has 0 saturated carbocycles. The molecule has 1 saturated heterocycles. The maximum atomic E-state index is 12.8. The molecule has 1 aliphatic heterocycles. The van der Waals surface area contributed by atoms with Crippen LogP contribution in [0.5, 0.6) is 0 Å². The van der Waals surface area contributed by atoms with E-state index in [2.05, 4.69) is 20.4 Å². The maximum Gasteiger partial charge on any atom is 0.416 e. The van der Waals surface area contributed by atoms with Crippen molar-refractivity contribution in [1.82, 2.24) is 15.1 Å². The molecule has 6 nitrogen and oxygen atoms in total. The number of aliphatic hydroxyl groups excluding tert-OH is 1. The quantitative estimate of drug-likeness (QED) is 0.657. The van der Waals surface area contributed by atoms with Gasteiger partial charge in [0.05, 0.1) is 17.9 Å². The molecule has 2 heterocycles. The second kappa shape index (κ2) is 8.54. The van der Waals surface area contributed by atoms with Crippen molar-refractivity contribution in [2.45, 2.75) is 44.9 Å². The van der Waals surface area contributed by atoms with Crippen LogP contribution in [-0.4, -0.2) is 52.0 Å². The fraction of sp³-hybridized carbons (Fsp3) is 0.500. The Hall–Kier alpha value is -2.39. The third kappa shape index (κ3) is 4.97. The molecule has 2 aromatic rings. The fourth-order valence-corrected chi connectivity index (χ4v) is 3.57. The van der Waals surface area contributed by atoms with E-state index in [-0.39, 0.29) is 24.4 Å². The van der Waals surface area contributed by atoms with Gasteiger partial charge in [-0.1, -0.05) is 6.07 Å². The largest absolute Gasteiger partial charge is 0.416 e. The van der Waals surface area contributed by atoms with Gasteiger partial charge in [0.25, 0.3) is 0 Å². The normalized spacial score (nSPS) is 19.2. The number of hydrogen-bond acceptors (Lipinski definition) is 6. The smallest absolute Gasteiger partial charge is 0.398 e. The van der Waals surface area contributed by atoms with Gasteiger partial charge in [-0.05, 0) is 57.0 Å². The first kappa shape index (κ1) is 21.3. The predicted octanol–water partition coefficient (Wildman–Crippen LogP) is 3.31. The number of likely N-dealkylation sites (tertiary alicyclic amines) is 1. The van der Waals surface area contributed by atoms with Gasteiger partial charge in [0.1, 0.15) is 0 Å². The van der Waals surface area contributed by atoms with Gasteiger partial charge in [0, 0.05) is 29.9 Å². The molecular formula is C20H26F3N5O. The lowest BCUT2D eigenvalue weighted by Crippen LogP contribution is -2.47. The zero-order chi connectivity index (χ0) is 21.2.